The zero-order valence-corrected chi connectivity index (χ0v) is 15.8. The molecule has 0 aromatic heterocycles. The first-order valence-electron chi connectivity index (χ1n) is 9.91. The summed E-state index contributed by atoms with van der Waals surface area (Å²) in [5, 5.41) is 0. The third-order valence-electron chi connectivity index (χ3n) is 6.32. The monoisotopic (exact) mass is 356 g/mol. The average Bonchev–Trinajstić information content (AvgIpc) is 2.64. The van der Waals surface area contributed by atoms with Gasteiger partial charge >= 0.3 is 0 Å². The summed E-state index contributed by atoms with van der Waals surface area (Å²) in [5.74, 6) is 3.15. The second kappa shape index (κ2) is 9.56. The van der Waals surface area contributed by atoms with Crippen molar-refractivity contribution >= 4 is 11.6 Å². The summed E-state index contributed by atoms with van der Waals surface area (Å²) in [6.07, 6.45) is 12.9. The first kappa shape index (κ1) is 18.7. The van der Waals surface area contributed by atoms with Crippen molar-refractivity contribution in [2.45, 2.75) is 70.7 Å². The number of halogens is 1. The molecule has 1 saturated heterocycles. The van der Waals surface area contributed by atoms with Crippen molar-refractivity contribution in [3.05, 3.63) is 11.6 Å². The van der Waals surface area contributed by atoms with E-state index in [1.54, 1.807) is 5.54 Å². The summed E-state index contributed by atoms with van der Waals surface area (Å²) in [6.45, 7) is 4.13. The summed E-state index contributed by atoms with van der Waals surface area (Å²) < 4.78 is 17.5. The quantitative estimate of drug-likeness (QED) is 0.683. The van der Waals surface area contributed by atoms with Crippen LogP contribution in [0.1, 0.15) is 58.3 Å². The lowest BCUT2D eigenvalue weighted by atomic mass is 9.69. The zero-order chi connectivity index (χ0) is 16.8. The minimum atomic E-state index is 0.00671. The molecule has 0 spiro atoms. The highest BCUT2D eigenvalue weighted by Crippen LogP contribution is 2.43. The maximum Gasteiger partial charge on any atom is 0.160 e. The molecule has 2 aliphatic carbocycles. The van der Waals surface area contributed by atoms with Gasteiger partial charge in [0.2, 0.25) is 0 Å². The van der Waals surface area contributed by atoms with E-state index in [-0.39, 0.29) is 12.4 Å². The molecule has 1 aliphatic heterocycles. The molecule has 4 heteroatoms. The second-order valence-corrected chi connectivity index (χ2v) is 8.03. The van der Waals surface area contributed by atoms with E-state index >= 15 is 0 Å². The van der Waals surface area contributed by atoms with Crippen LogP contribution < -0.4 is 0 Å². The van der Waals surface area contributed by atoms with Gasteiger partial charge in [-0.15, -0.1) is 0 Å². The normalized spacial score (nSPS) is 41.6. The molecule has 138 valence electrons. The fourth-order valence-corrected chi connectivity index (χ4v) is 5.11. The van der Waals surface area contributed by atoms with E-state index in [0.717, 1.165) is 24.4 Å². The summed E-state index contributed by atoms with van der Waals surface area (Å²) in [6, 6.07) is 0. The van der Waals surface area contributed by atoms with Crippen molar-refractivity contribution in [2.24, 2.45) is 23.7 Å². The van der Waals surface area contributed by atoms with Gasteiger partial charge in [0.1, 0.15) is 6.10 Å². The lowest BCUT2D eigenvalue weighted by Crippen LogP contribution is -2.42. The highest BCUT2D eigenvalue weighted by Gasteiger charge is 2.35. The van der Waals surface area contributed by atoms with Gasteiger partial charge in [-0.2, -0.15) is 0 Å². The van der Waals surface area contributed by atoms with Gasteiger partial charge in [0.25, 0.3) is 0 Å². The third-order valence-corrected chi connectivity index (χ3v) is 6.47. The van der Waals surface area contributed by atoms with Crippen molar-refractivity contribution in [3.63, 3.8) is 0 Å². The predicted molar refractivity (Wildman–Crippen MR) is 97.0 cm³/mol. The molecular weight excluding hydrogens is 324 g/mol. The molecule has 0 aromatic rings. The van der Waals surface area contributed by atoms with Crippen LogP contribution in [0.5, 0.6) is 0 Å². The van der Waals surface area contributed by atoms with Crippen LogP contribution in [0.4, 0.5) is 0 Å². The van der Waals surface area contributed by atoms with Crippen LogP contribution in [0, 0.1) is 23.7 Å². The molecule has 0 radical (unpaired) electrons. The SMILES string of the molecule is CCOC1COC(C2CCC(C3CCC(C=CCl)CC3)CC2)OC1. The van der Waals surface area contributed by atoms with Gasteiger partial charge in [-0.3, -0.25) is 0 Å². The lowest BCUT2D eigenvalue weighted by Gasteiger charge is -2.40. The van der Waals surface area contributed by atoms with E-state index in [0.29, 0.717) is 19.1 Å². The van der Waals surface area contributed by atoms with Gasteiger partial charge in [0.15, 0.2) is 6.29 Å². The van der Waals surface area contributed by atoms with E-state index < -0.39 is 0 Å². The molecule has 1 heterocycles. The Morgan fingerprint density at radius 2 is 1.42 bits per heavy atom. The van der Waals surface area contributed by atoms with Crippen molar-refractivity contribution in [3.8, 4) is 0 Å². The van der Waals surface area contributed by atoms with Crippen LogP contribution >= 0.6 is 11.6 Å². The largest absolute Gasteiger partial charge is 0.374 e. The van der Waals surface area contributed by atoms with Gasteiger partial charge in [-0.05, 0) is 76.0 Å². The Bertz CT molecular complexity index is 376. The molecule has 0 aromatic carbocycles. The van der Waals surface area contributed by atoms with Crippen LogP contribution in [0.2, 0.25) is 0 Å². The van der Waals surface area contributed by atoms with E-state index in [9.17, 15) is 0 Å². The van der Waals surface area contributed by atoms with Crippen LogP contribution in [-0.2, 0) is 14.2 Å². The van der Waals surface area contributed by atoms with Crippen molar-refractivity contribution < 1.29 is 14.2 Å². The predicted octanol–water partition coefficient (Wildman–Crippen LogP) is 5.13. The minimum absolute atomic E-state index is 0.00671. The third kappa shape index (κ3) is 4.97. The van der Waals surface area contributed by atoms with Gasteiger partial charge < -0.3 is 14.2 Å². The van der Waals surface area contributed by atoms with Crippen molar-refractivity contribution in [2.75, 3.05) is 19.8 Å². The standard InChI is InChI=1S/C20H33ClO3/c1-2-22-19-13-23-20(24-14-19)18-9-7-17(8-10-18)16-5-3-15(4-6-16)11-12-21/h11-12,15-20H,2-10,13-14H2,1H3. The molecule has 0 unspecified atom stereocenters. The number of hydrogen-bond acceptors (Lipinski definition) is 3. The first-order chi connectivity index (χ1) is 11.8. The Morgan fingerprint density at radius 3 is 1.96 bits per heavy atom. The Hall–Kier alpha value is -0.0900. The maximum atomic E-state index is 5.94. The molecule has 0 amide bonds. The molecule has 24 heavy (non-hydrogen) atoms. The summed E-state index contributed by atoms with van der Waals surface area (Å²) in [7, 11) is 0. The fourth-order valence-electron chi connectivity index (χ4n) is 4.90. The summed E-state index contributed by atoms with van der Waals surface area (Å²) >= 11 is 5.72. The Morgan fingerprint density at radius 1 is 0.875 bits per heavy atom. The molecule has 3 aliphatic rings. The molecule has 3 nitrogen and oxygen atoms in total. The van der Waals surface area contributed by atoms with E-state index in [2.05, 4.69) is 6.08 Å². The highest BCUT2D eigenvalue weighted by molar-refractivity contribution is 6.25. The number of allylic oxidation sites excluding steroid dienone is 1. The van der Waals surface area contributed by atoms with Crippen molar-refractivity contribution in [1.29, 1.82) is 0 Å². The molecule has 0 N–H and O–H groups in total. The van der Waals surface area contributed by atoms with Gasteiger partial charge in [0.05, 0.1) is 13.2 Å². The van der Waals surface area contributed by atoms with Crippen LogP contribution in [0.25, 0.3) is 0 Å². The Kier molecular flexibility index (Phi) is 7.45. The van der Waals surface area contributed by atoms with E-state index in [1.807, 2.05) is 6.92 Å². The van der Waals surface area contributed by atoms with E-state index in [1.165, 1.54) is 51.4 Å². The molecule has 2 saturated carbocycles. The number of ether oxygens (including phenoxy) is 3. The van der Waals surface area contributed by atoms with Crippen LogP contribution in [0.3, 0.4) is 0 Å². The lowest BCUT2D eigenvalue weighted by molar-refractivity contribution is -0.249. The minimum Gasteiger partial charge on any atom is -0.374 e. The molecule has 0 bridgehead atoms. The van der Waals surface area contributed by atoms with Gasteiger partial charge in [-0.25, -0.2) is 0 Å². The molecule has 3 fully saturated rings. The maximum absolute atomic E-state index is 5.94. The van der Waals surface area contributed by atoms with Gasteiger partial charge in [0, 0.05) is 18.1 Å². The zero-order valence-electron chi connectivity index (χ0n) is 15.0. The number of hydrogen-bond donors (Lipinski definition) is 0. The summed E-state index contributed by atoms with van der Waals surface area (Å²) in [4.78, 5) is 0. The molecular formula is C20H33ClO3. The summed E-state index contributed by atoms with van der Waals surface area (Å²) in [5.41, 5.74) is 1.70. The topological polar surface area (TPSA) is 27.7 Å². The second-order valence-electron chi connectivity index (χ2n) is 7.78. The highest BCUT2D eigenvalue weighted by atomic mass is 35.5. The Balaban J connectivity index is 1.37. The van der Waals surface area contributed by atoms with Crippen LogP contribution in [0.15, 0.2) is 11.6 Å². The van der Waals surface area contributed by atoms with Gasteiger partial charge in [-0.1, -0.05) is 17.7 Å². The smallest absolute Gasteiger partial charge is 0.160 e. The Labute approximate surface area is 152 Å². The first-order valence-corrected chi connectivity index (χ1v) is 10.4. The molecule has 0 atom stereocenters. The van der Waals surface area contributed by atoms with Crippen LogP contribution in [-0.4, -0.2) is 32.2 Å². The van der Waals surface area contributed by atoms with Crippen molar-refractivity contribution in [1.82, 2.24) is 0 Å². The average molecular weight is 357 g/mol. The van der Waals surface area contributed by atoms with E-state index in [4.69, 9.17) is 25.8 Å². The number of rotatable bonds is 5. The fraction of sp³-hybridized carbons (Fsp3) is 0.900. The molecule has 3 rings (SSSR count).